The number of fused-ring (bicyclic) bond motifs is 10. The lowest BCUT2D eigenvalue weighted by Crippen LogP contribution is -2.41. The standard InChI is InChI=1S/C49H31N5.C34H29BN2O2/c1-4-13-33(14-5-1)42-29-28-41-44(50-42)30-27-40-39-21-10-11-22-43(39)51-46(45(40)41)34-25-23-32(24-26-34)37-19-12-20-38(31-37)49-53-47(35-15-6-2-7-16-35)52-48(54-49)36-17-8-3-9-18-36;1-33(2)34(3,4)39-35(38-33)24-16-14-23(15-17-24)32-31-26(25-12-8-9-13-29(25)37-32)18-21-30-27(31)19-20-28(36-30)22-10-6-5-7-11-22/h1-31H;5-21H,1-4H3. The Morgan fingerprint density at radius 3 is 1.06 bits per heavy atom. The predicted octanol–water partition coefficient (Wildman–Crippen LogP) is 19.7. The smallest absolute Gasteiger partial charge is 0.399 e. The van der Waals surface area contributed by atoms with Crippen LogP contribution in [0.15, 0.2) is 291 Å². The Kier molecular flexibility index (Phi) is 14.3. The van der Waals surface area contributed by atoms with Gasteiger partial charge in [0.05, 0.1) is 56.0 Å². The molecule has 16 aromatic rings. The molecule has 11 aromatic carbocycles. The molecule has 0 unspecified atom stereocenters. The van der Waals surface area contributed by atoms with Crippen molar-refractivity contribution in [2.75, 3.05) is 0 Å². The lowest BCUT2D eigenvalue weighted by Gasteiger charge is -2.32. The van der Waals surface area contributed by atoms with Crippen LogP contribution in [-0.2, 0) is 9.31 Å². The maximum atomic E-state index is 6.28. The molecule has 1 aliphatic rings. The van der Waals surface area contributed by atoms with Crippen molar-refractivity contribution >= 4 is 77.7 Å². The van der Waals surface area contributed by atoms with Crippen molar-refractivity contribution in [3.05, 3.63) is 291 Å². The molecule has 1 aliphatic heterocycles. The highest BCUT2D eigenvalue weighted by Crippen LogP contribution is 2.42. The van der Waals surface area contributed by atoms with Crippen LogP contribution < -0.4 is 5.46 Å². The van der Waals surface area contributed by atoms with Crippen molar-refractivity contribution in [3.63, 3.8) is 0 Å². The quantitative estimate of drug-likeness (QED) is 0.103. The molecule has 10 heteroatoms. The van der Waals surface area contributed by atoms with Crippen molar-refractivity contribution in [1.29, 1.82) is 0 Å². The third-order valence-corrected chi connectivity index (χ3v) is 18.2. The number of rotatable bonds is 9. The summed E-state index contributed by atoms with van der Waals surface area (Å²) in [6.45, 7) is 8.31. The Morgan fingerprint density at radius 1 is 0.247 bits per heavy atom. The van der Waals surface area contributed by atoms with Gasteiger partial charge in [0, 0.05) is 71.3 Å². The molecule has 0 radical (unpaired) electrons. The average molecular weight is 1200 g/mol. The van der Waals surface area contributed by atoms with E-state index < -0.39 is 7.12 Å². The van der Waals surface area contributed by atoms with Crippen LogP contribution in [0.5, 0.6) is 0 Å². The summed E-state index contributed by atoms with van der Waals surface area (Å²) >= 11 is 0. The van der Waals surface area contributed by atoms with Gasteiger partial charge in [0.25, 0.3) is 0 Å². The number of hydrogen-bond acceptors (Lipinski definition) is 9. The largest absolute Gasteiger partial charge is 0.494 e. The number of para-hydroxylation sites is 2. The van der Waals surface area contributed by atoms with Crippen molar-refractivity contribution in [2.45, 2.75) is 38.9 Å². The van der Waals surface area contributed by atoms with Crippen LogP contribution in [0.4, 0.5) is 0 Å². The van der Waals surface area contributed by atoms with Gasteiger partial charge in [0.2, 0.25) is 0 Å². The monoisotopic (exact) mass is 1200 g/mol. The summed E-state index contributed by atoms with van der Waals surface area (Å²) in [7, 11) is -0.396. The van der Waals surface area contributed by atoms with E-state index >= 15 is 0 Å². The van der Waals surface area contributed by atoms with Gasteiger partial charge in [-0.25, -0.2) is 34.9 Å². The van der Waals surface area contributed by atoms with Crippen molar-refractivity contribution in [2.24, 2.45) is 0 Å². The van der Waals surface area contributed by atoms with E-state index in [4.69, 9.17) is 44.2 Å². The first-order valence-corrected chi connectivity index (χ1v) is 31.5. The van der Waals surface area contributed by atoms with E-state index in [0.717, 1.165) is 138 Å². The first-order valence-electron chi connectivity index (χ1n) is 31.5. The predicted molar refractivity (Wildman–Crippen MR) is 382 cm³/mol. The molecule has 0 spiro atoms. The van der Waals surface area contributed by atoms with Crippen LogP contribution in [0.2, 0.25) is 0 Å². The molecule has 17 rings (SSSR count). The summed E-state index contributed by atoms with van der Waals surface area (Å²) in [5.41, 5.74) is 17.2. The van der Waals surface area contributed by atoms with Crippen molar-refractivity contribution in [1.82, 2.24) is 34.9 Å². The Morgan fingerprint density at radius 2 is 0.602 bits per heavy atom. The van der Waals surface area contributed by atoms with Gasteiger partial charge in [-0.3, -0.25) is 0 Å². The fraction of sp³-hybridized carbons (Fsp3) is 0.0723. The molecule has 93 heavy (non-hydrogen) atoms. The van der Waals surface area contributed by atoms with Crippen LogP contribution >= 0.6 is 0 Å². The van der Waals surface area contributed by atoms with E-state index in [2.05, 4.69) is 210 Å². The van der Waals surface area contributed by atoms with E-state index in [-0.39, 0.29) is 11.2 Å². The Hall–Kier alpha value is -11.4. The van der Waals surface area contributed by atoms with E-state index in [1.54, 1.807) is 0 Å². The Balaban J connectivity index is 0.000000156. The number of aromatic nitrogens is 7. The highest BCUT2D eigenvalue weighted by Gasteiger charge is 2.51. The minimum absolute atomic E-state index is 0.378. The average Bonchev–Trinajstić information content (AvgIpc) is 1.60. The zero-order chi connectivity index (χ0) is 62.6. The molecule has 0 saturated carbocycles. The SMILES string of the molecule is CC1(C)OB(c2ccc(-c3nc4ccccc4c4ccc5nc(-c6ccccc6)ccc5c34)cc2)OC1(C)C.c1ccc(-c2ccc3c(ccc4c5ccccc5nc(-c5ccc(-c6cccc(-c7nc(-c8ccccc8)nc(-c8ccccc8)n7)c6)cc5)c34)n2)cc1. The summed E-state index contributed by atoms with van der Waals surface area (Å²) in [4.78, 5) is 35.4. The molecule has 0 N–H and O–H groups in total. The van der Waals surface area contributed by atoms with Gasteiger partial charge in [0.1, 0.15) is 0 Å². The molecule has 1 fully saturated rings. The maximum Gasteiger partial charge on any atom is 0.494 e. The fourth-order valence-corrected chi connectivity index (χ4v) is 12.6. The summed E-state index contributed by atoms with van der Waals surface area (Å²) in [5, 5.41) is 8.99. The second kappa shape index (κ2) is 23.4. The second-order valence-electron chi connectivity index (χ2n) is 24.6. The highest BCUT2D eigenvalue weighted by molar-refractivity contribution is 6.62. The lowest BCUT2D eigenvalue weighted by molar-refractivity contribution is 0.00578. The maximum absolute atomic E-state index is 6.28. The van der Waals surface area contributed by atoms with E-state index in [1.807, 2.05) is 109 Å². The Labute approximate surface area is 539 Å². The topological polar surface area (TPSA) is 109 Å². The molecule has 6 heterocycles. The minimum Gasteiger partial charge on any atom is -0.399 e. The van der Waals surface area contributed by atoms with Gasteiger partial charge in [-0.2, -0.15) is 0 Å². The molecular weight excluding hydrogens is 1140 g/mol. The van der Waals surface area contributed by atoms with Crippen LogP contribution in [0.1, 0.15) is 27.7 Å². The van der Waals surface area contributed by atoms with Gasteiger partial charge >= 0.3 is 7.12 Å². The van der Waals surface area contributed by atoms with Crippen LogP contribution in [0.3, 0.4) is 0 Å². The van der Waals surface area contributed by atoms with Crippen LogP contribution in [0.25, 0.3) is 155 Å². The normalized spacial score (nSPS) is 13.4. The van der Waals surface area contributed by atoms with Gasteiger partial charge in [-0.1, -0.05) is 237 Å². The molecule has 0 bridgehead atoms. The molecule has 0 atom stereocenters. The van der Waals surface area contributed by atoms with E-state index in [9.17, 15) is 0 Å². The molecule has 0 aliphatic carbocycles. The first kappa shape index (κ1) is 56.8. The van der Waals surface area contributed by atoms with Gasteiger partial charge in [-0.15, -0.1) is 0 Å². The highest BCUT2D eigenvalue weighted by atomic mass is 16.7. The lowest BCUT2D eigenvalue weighted by atomic mass is 9.78. The summed E-state index contributed by atoms with van der Waals surface area (Å²) < 4.78 is 12.6. The number of benzene rings is 11. The van der Waals surface area contributed by atoms with Crippen LogP contribution in [0, 0.1) is 0 Å². The van der Waals surface area contributed by atoms with Crippen LogP contribution in [-0.4, -0.2) is 53.2 Å². The van der Waals surface area contributed by atoms with Crippen molar-refractivity contribution in [3.8, 4) is 90.3 Å². The summed E-state index contributed by atoms with van der Waals surface area (Å²) in [6.07, 6.45) is 0. The zero-order valence-corrected chi connectivity index (χ0v) is 51.7. The second-order valence-corrected chi connectivity index (χ2v) is 24.6. The van der Waals surface area contributed by atoms with Crippen molar-refractivity contribution < 1.29 is 9.31 Å². The molecule has 5 aromatic heterocycles. The third-order valence-electron chi connectivity index (χ3n) is 18.2. The number of nitrogens with zero attached hydrogens (tertiary/aromatic N) is 7. The fourth-order valence-electron chi connectivity index (χ4n) is 12.6. The van der Waals surface area contributed by atoms with Gasteiger partial charge in [-0.05, 0) is 110 Å². The third kappa shape index (κ3) is 10.7. The first-order chi connectivity index (χ1) is 45.6. The molecule has 1 saturated heterocycles. The summed E-state index contributed by atoms with van der Waals surface area (Å²) in [6, 6.07) is 100. The van der Waals surface area contributed by atoms with E-state index in [0.29, 0.717) is 17.5 Å². The number of hydrogen-bond donors (Lipinski definition) is 0. The summed E-state index contributed by atoms with van der Waals surface area (Å²) in [5.74, 6) is 1.91. The molecule has 0 amide bonds. The van der Waals surface area contributed by atoms with E-state index in [1.165, 1.54) is 5.39 Å². The number of pyridine rings is 4. The molecular formula is C83H60BN7O2. The van der Waals surface area contributed by atoms with Gasteiger partial charge < -0.3 is 9.31 Å². The molecule has 9 nitrogen and oxygen atoms in total. The minimum atomic E-state index is -0.396. The zero-order valence-electron chi connectivity index (χ0n) is 51.7. The Bertz CT molecular complexity index is 5430. The van der Waals surface area contributed by atoms with Gasteiger partial charge in [0.15, 0.2) is 17.5 Å². The molecule has 442 valence electrons.